The molecule has 2 N–H and O–H groups in total. The maximum atomic E-state index is 12.3. The molecule has 184 valence electrons. The van der Waals surface area contributed by atoms with Crippen LogP contribution in [0.4, 0.5) is 5.69 Å². The van der Waals surface area contributed by atoms with Crippen LogP contribution in [0.2, 0.25) is 5.02 Å². The van der Waals surface area contributed by atoms with Crippen molar-refractivity contribution in [2.45, 2.75) is 0 Å². The lowest BCUT2D eigenvalue weighted by molar-refractivity contribution is -0.115. The average Bonchev–Trinajstić information content (AvgIpc) is 3.55. The molecule has 8 nitrogen and oxygen atoms in total. The number of hydrogen-bond acceptors (Lipinski definition) is 6. The lowest BCUT2D eigenvalue weighted by Gasteiger charge is -2.07. The molecule has 0 aliphatic carbocycles. The molecule has 0 radical (unpaired) electrons. The highest BCUT2D eigenvalue weighted by Gasteiger charge is 2.10. The molecule has 2 heterocycles. The fraction of sp³-hybridized carbons (Fsp3) is 0.0370. The van der Waals surface area contributed by atoms with Crippen LogP contribution in [-0.2, 0) is 4.79 Å². The molecule has 37 heavy (non-hydrogen) atoms. The van der Waals surface area contributed by atoms with Crippen molar-refractivity contribution in [3.63, 3.8) is 0 Å². The number of furan rings is 1. The fourth-order valence-electron chi connectivity index (χ4n) is 3.56. The SMILES string of the molecule is COc1ccc(-n2nc3ccc(NC(=S)NC(=O)/C=C/c4ccc(-c5ccccc5)o4)cc3n2)cc1Cl. The van der Waals surface area contributed by atoms with Gasteiger partial charge in [-0.15, -0.1) is 10.2 Å². The van der Waals surface area contributed by atoms with Gasteiger partial charge in [0.1, 0.15) is 28.3 Å². The van der Waals surface area contributed by atoms with Gasteiger partial charge in [0.05, 0.1) is 17.8 Å². The molecule has 1 amide bonds. The van der Waals surface area contributed by atoms with Crippen LogP contribution in [0.25, 0.3) is 34.1 Å². The van der Waals surface area contributed by atoms with Gasteiger partial charge in [-0.2, -0.15) is 4.80 Å². The summed E-state index contributed by atoms with van der Waals surface area (Å²) in [6.07, 6.45) is 2.94. The molecule has 0 aliphatic rings. The highest BCUT2D eigenvalue weighted by Crippen LogP contribution is 2.27. The van der Waals surface area contributed by atoms with E-state index in [4.69, 9.17) is 33.0 Å². The number of thiocarbonyl (C=S) groups is 1. The number of methoxy groups -OCH3 is 1. The quantitative estimate of drug-likeness (QED) is 0.210. The summed E-state index contributed by atoms with van der Waals surface area (Å²) in [6, 6.07) is 24.0. The molecule has 10 heteroatoms. The fourth-order valence-corrected chi connectivity index (χ4v) is 4.03. The first-order chi connectivity index (χ1) is 18.0. The highest BCUT2D eigenvalue weighted by molar-refractivity contribution is 7.80. The maximum absolute atomic E-state index is 12.3. The third-order valence-corrected chi connectivity index (χ3v) is 5.82. The van der Waals surface area contributed by atoms with E-state index < -0.39 is 5.91 Å². The Morgan fingerprint density at radius 3 is 2.62 bits per heavy atom. The Kier molecular flexibility index (Phi) is 6.98. The Hall–Kier alpha value is -4.47. The number of carbonyl (C=O) groups is 1. The summed E-state index contributed by atoms with van der Waals surface area (Å²) in [4.78, 5) is 13.8. The van der Waals surface area contributed by atoms with Crippen molar-refractivity contribution in [3.8, 4) is 22.8 Å². The molecular weight excluding hydrogens is 510 g/mol. The van der Waals surface area contributed by atoms with Gasteiger partial charge in [0.15, 0.2) is 5.11 Å². The maximum Gasteiger partial charge on any atom is 0.250 e. The highest BCUT2D eigenvalue weighted by atomic mass is 35.5. The summed E-state index contributed by atoms with van der Waals surface area (Å²) in [5.74, 6) is 1.46. The van der Waals surface area contributed by atoms with Crippen LogP contribution < -0.4 is 15.4 Å². The molecule has 2 aromatic heterocycles. The largest absolute Gasteiger partial charge is 0.495 e. The van der Waals surface area contributed by atoms with E-state index in [1.165, 1.54) is 10.9 Å². The minimum atomic E-state index is -0.390. The average molecular weight is 530 g/mol. The van der Waals surface area contributed by atoms with Crippen LogP contribution in [0.3, 0.4) is 0 Å². The Labute approximate surface area is 222 Å². The van der Waals surface area contributed by atoms with Gasteiger partial charge in [-0.3, -0.25) is 10.1 Å². The van der Waals surface area contributed by atoms with Crippen molar-refractivity contribution in [1.82, 2.24) is 20.3 Å². The monoisotopic (exact) mass is 529 g/mol. The van der Waals surface area contributed by atoms with Crippen LogP contribution >= 0.6 is 23.8 Å². The summed E-state index contributed by atoms with van der Waals surface area (Å²) < 4.78 is 11.0. The molecular formula is C27H20ClN5O3S. The van der Waals surface area contributed by atoms with Gasteiger partial charge in [-0.1, -0.05) is 41.9 Å². The number of halogens is 1. The smallest absolute Gasteiger partial charge is 0.250 e. The summed E-state index contributed by atoms with van der Waals surface area (Å²) in [6.45, 7) is 0. The summed E-state index contributed by atoms with van der Waals surface area (Å²) >= 11 is 11.5. The number of nitrogens with zero attached hydrogens (tertiary/aromatic N) is 3. The number of rotatable bonds is 6. The second-order valence-corrected chi connectivity index (χ2v) is 8.67. The predicted octanol–water partition coefficient (Wildman–Crippen LogP) is 5.87. The summed E-state index contributed by atoms with van der Waals surface area (Å²) in [5, 5.41) is 15.2. The molecule has 0 spiro atoms. The van der Waals surface area contributed by atoms with E-state index >= 15 is 0 Å². The van der Waals surface area contributed by atoms with E-state index in [1.807, 2.05) is 42.5 Å². The molecule has 0 saturated heterocycles. The van der Waals surface area contributed by atoms with E-state index in [0.717, 1.165) is 11.3 Å². The lowest BCUT2D eigenvalue weighted by Crippen LogP contribution is -2.32. The van der Waals surface area contributed by atoms with Gasteiger partial charge in [-0.25, -0.2) is 0 Å². The van der Waals surface area contributed by atoms with E-state index in [0.29, 0.717) is 38.9 Å². The molecule has 5 rings (SSSR count). The van der Waals surface area contributed by atoms with Crippen LogP contribution in [-0.4, -0.2) is 33.1 Å². The Bertz CT molecular complexity index is 1630. The molecule has 3 aromatic carbocycles. The minimum absolute atomic E-state index is 0.146. The van der Waals surface area contributed by atoms with E-state index in [2.05, 4.69) is 20.8 Å². The van der Waals surface area contributed by atoms with E-state index in [-0.39, 0.29) is 5.11 Å². The molecule has 0 fully saturated rings. The molecule has 0 unspecified atom stereocenters. The van der Waals surface area contributed by atoms with Gasteiger partial charge in [0.2, 0.25) is 5.91 Å². The number of amides is 1. The van der Waals surface area contributed by atoms with Gasteiger partial charge < -0.3 is 14.5 Å². The zero-order chi connectivity index (χ0) is 25.8. The number of anilines is 1. The Morgan fingerprint density at radius 2 is 1.84 bits per heavy atom. The topological polar surface area (TPSA) is 94.2 Å². The summed E-state index contributed by atoms with van der Waals surface area (Å²) in [7, 11) is 1.56. The van der Waals surface area contributed by atoms with Crippen LogP contribution in [0.5, 0.6) is 5.75 Å². The first kappa shape index (κ1) is 24.2. The third-order valence-electron chi connectivity index (χ3n) is 5.33. The number of benzene rings is 3. The van der Waals surface area contributed by atoms with Crippen molar-refractivity contribution < 1.29 is 13.9 Å². The number of fused-ring (bicyclic) bond motifs is 1. The summed E-state index contributed by atoms with van der Waals surface area (Å²) in [5.41, 5.74) is 3.63. The zero-order valence-corrected chi connectivity index (χ0v) is 21.1. The number of nitrogens with one attached hydrogen (secondary N) is 2. The molecule has 0 aliphatic heterocycles. The normalized spacial score (nSPS) is 11.1. The van der Waals surface area contributed by atoms with Gasteiger partial charge >= 0.3 is 0 Å². The van der Waals surface area contributed by atoms with Gasteiger partial charge in [0.25, 0.3) is 0 Å². The molecule has 0 bridgehead atoms. The second-order valence-electron chi connectivity index (χ2n) is 7.86. The van der Waals surface area contributed by atoms with Crippen molar-refractivity contribution >= 4 is 57.6 Å². The third kappa shape index (κ3) is 5.69. The van der Waals surface area contributed by atoms with E-state index in [9.17, 15) is 4.79 Å². The van der Waals surface area contributed by atoms with Crippen molar-refractivity contribution in [2.24, 2.45) is 0 Å². The first-order valence-corrected chi connectivity index (χ1v) is 11.9. The van der Waals surface area contributed by atoms with Gasteiger partial charge in [0, 0.05) is 17.3 Å². The standard InChI is InChI=1S/C27H20ClN5O3S/c1-35-25-12-8-19(16-21(25)28)33-31-22-11-7-18(15-23(22)32-33)29-27(37)30-26(34)14-10-20-9-13-24(36-20)17-5-3-2-4-6-17/h2-16H,1H3,(H2,29,30,34,37)/b14-10+. The van der Waals surface area contributed by atoms with Crippen LogP contribution in [0.1, 0.15) is 5.76 Å². The number of aromatic nitrogens is 3. The Morgan fingerprint density at radius 1 is 1.03 bits per heavy atom. The molecule has 0 saturated carbocycles. The van der Waals surface area contributed by atoms with Crippen molar-refractivity contribution in [1.29, 1.82) is 0 Å². The predicted molar refractivity (Wildman–Crippen MR) is 148 cm³/mol. The Balaban J connectivity index is 1.21. The van der Waals surface area contributed by atoms with Crippen LogP contribution in [0, 0.1) is 0 Å². The number of carbonyl (C=O) groups excluding carboxylic acids is 1. The number of ether oxygens (including phenoxy) is 1. The van der Waals surface area contributed by atoms with Gasteiger partial charge in [-0.05, 0) is 66.8 Å². The first-order valence-electron chi connectivity index (χ1n) is 11.1. The number of hydrogen-bond donors (Lipinski definition) is 2. The van der Waals surface area contributed by atoms with Crippen molar-refractivity contribution in [2.75, 3.05) is 12.4 Å². The molecule has 0 atom stereocenters. The second kappa shape index (κ2) is 10.7. The van der Waals surface area contributed by atoms with Crippen molar-refractivity contribution in [3.05, 3.63) is 95.7 Å². The minimum Gasteiger partial charge on any atom is -0.495 e. The molecule has 5 aromatic rings. The zero-order valence-electron chi connectivity index (χ0n) is 19.5. The lowest BCUT2D eigenvalue weighted by atomic mass is 10.2. The van der Waals surface area contributed by atoms with Crippen LogP contribution in [0.15, 0.2) is 89.4 Å². The van der Waals surface area contributed by atoms with E-state index in [1.54, 1.807) is 49.6 Å².